The SMILES string of the molecule is [2H]C(=O)OC(C)(C)c1ccc(OP(=O)(OCCOCCOCCOC)OC2C(OC(=O)c3ccccc3)[C@H](n3ccc(=O)[nH]c3=O)O[C@@H]2CO)cc1.[W]. The summed E-state index contributed by atoms with van der Waals surface area (Å²) in [6.07, 6.45) is -6.09. The number of H-pyrrole nitrogens is 1. The number of carbonyl (C=O) groups excluding carboxylic acids is 2. The number of nitrogens with zero attached hydrogens (tertiary/aromatic N) is 1. The van der Waals surface area contributed by atoms with Gasteiger partial charge in [0.15, 0.2) is 13.7 Å². The summed E-state index contributed by atoms with van der Waals surface area (Å²) in [7, 11) is -3.20. The zero-order chi connectivity index (χ0) is 37.7. The van der Waals surface area contributed by atoms with Gasteiger partial charge >= 0.3 is 19.5 Å². The van der Waals surface area contributed by atoms with Crippen LogP contribution in [0.15, 0.2) is 76.4 Å². The van der Waals surface area contributed by atoms with Gasteiger partial charge in [0.05, 0.1) is 51.8 Å². The third kappa shape index (κ3) is 12.0. The third-order valence-electron chi connectivity index (χ3n) is 7.44. The molecular formula is C33H41N2O15PW. The summed E-state index contributed by atoms with van der Waals surface area (Å²) in [5.74, 6) is -0.897. The van der Waals surface area contributed by atoms with Crippen LogP contribution in [-0.2, 0) is 73.5 Å². The maximum Gasteiger partial charge on any atom is 0.530 e. The normalized spacial score (nSPS) is 19.9. The van der Waals surface area contributed by atoms with Gasteiger partial charge in [0.1, 0.15) is 23.6 Å². The van der Waals surface area contributed by atoms with E-state index < -0.39 is 68.2 Å². The molecule has 1 fully saturated rings. The van der Waals surface area contributed by atoms with Crippen molar-refractivity contribution < 1.29 is 83.7 Å². The predicted molar refractivity (Wildman–Crippen MR) is 177 cm³/mol. The molecule has 284 valence electrons. The number of ether oxygens (including phenoxy) is 6. The number of phosphoric ester groups is 1. The Bertz CT molecular complexity index is 1780. The molecule has 1 saturated heterocycles. The molecule has 1 aromatic heterocycles. The van der Waals surface area contributed by atoms with E-state index in [-0.39, 0.29) is 58.8 Å². The molecule has 17 nitrogen and oxygen atoms in total. The first kappa shape index (κ1) is 41.3. The van der Waals surface area contributed by atoms with Gasteiger partial charge in [-0.15, -0.1) is 0 Å². The fourth-order valence-electron chi connectivity index (χ4n) is 4.83. The second-order valence-electron chi connectivity index (χ2n) is 11.4. The zero-order valence-corrected chi connectivity index (χ0v) is 32.4. The summed E-state index contributed by atoms with van der Waals surface area (Å²) in [6.45, 7) is 3.19. The van der Waals surface area contributed by atoms with Gasteiger partial charge in [-0.25, -0.2) is 14.2 Å². The van der Waals surface area contributed by atoms with E-state index in [0.717, 1.165) is 16.8 Å². The maximum atomic E-state index is 14.4. The van der Waals surface area contributed by atoms with E-state index >= 15 is 0 Å². The number of hydrogen-bond donors (Lipinski definition) is 2. The molecule has 3 aromatic rings. The van der Waals surface area contributed by atoms with Crippen molar-refractivity contribution in [2.45, 2.75) is 44.0 Å². The van der Waals surface area contributed by atoms with Crippen LogP contribution in [0.1, 0.15) is 37.4 Å². The van der Waals surface area contributed by atoms with Crippen molar-refractivity contribution >= 4 is 20.2 Å². The number of nitrogens with one attached hydrogen (secondary N) is 1. The maximum absolute atomic E-state index is 14.4. The van der Waals surface area contributed by atoms with Crippen LogP contribution in [0.25, 0.3) is 0 Å². The van der Waals surface area contributed by atoms with Gasteiger partial charge in [0.25, 0.3) is 12.0 Å². The minimum Gasteiger partial charge on any atom is -0.457 e. The number of aliphatic hydroxyl groups excluding tert-OH is 1. The fraction of sp³-hybridized carbons (Fsp3) is 0.455. The first-order valence-corrected chi connectivity index (χ1v) is 17.2. The minimum absolute atomic E-state index is 0. The molecule has 19 heteroatoms. The van der Waals surface area contributed by atoms with E-state index in [0.29, 0.717) is 18.8 Å². The van der Waals surface area contributed by atoms with E-state index in [1.54, 1.807) is 39.2 Å². The van der Waals surface area contributed by atoms with Crippen LogP contribution in [0.3, 0.4) is 0 Å². The molecule has 52 heavy (non-hydrogen) atoms. The van der Waals surface area contributed by atoms with Gasteiger partial charge in [-0.3, -0.25) is 28.2 Å². The molecule has 2 heterocycles. The van der Waals surface area contributed by atoms with Gasteiger partial charge in [-0.05, 0) is 43.7 Å². The largest absolute Gasteiger partial charge is 0.530 e. The van der Waals surface area contributed by atoms with Crippen LogP contribution >= 0.6 is 7.82 Å². The molecular weight excluding hydrogens is 879 g/mol. The Morgan fingerprint density at radius 3 is 2.27 bits per heavy atom. The molecule has 4 rings (SSSR count). The van der Waals surface area contributed by atoms with Gasteiger partial charge in [0.2, 0.25) is 0 Å². The van der Waals surface area contributed by atoms with Crippen LogP contribution in [0.5, 0.6) is 5.75 Å². The van der Waals surface area contributed by atoms with Crippen molar-refractivity contribution in [3.63, 3.8) is 0 Å². The number of hydrogen-bond acceptors (Lipinski definition) is 15. The molecule has 2 aromatic carbocycles. The summed E-state index contributed by atoms with van der Waals surface area (Å²) in [5.41, 5.74) is -2.21. The molecule has 0 aliphatic carbocycles. The molecule has 0 spiro atoms. The minimum atomic E-state index is -4.75. The predicted octanol–water partition coefficient (Wildman–Crippen LogP) is 2.33. The number of benzene rings is 2. The summed E-state index contributed by atoms with van der Waals surface area (Å²) >= 11 is 0. The van der Waals surface area contributed by atoms with Crippen LogP contribution < -0.4 is 15.8 Å². The van der Waals surface area contributed by atoms with Crippen molar-refractivity contribution in [1.82, 2.24) is 9.55 Å². The Labute approximate surface area is 314 Å². The smallest absolute Gasteiger partial charge is 0.457 e. The number of methoxy groups -OCH3 is 1. The fourth-order valence-corrected chi connectivity index (χ4v) is 6.22. The van der Waals surface area contributed by atoms with E-state index in [2.05, 4.69) is 4.98 Å². The Kier molecular flexibility index (Phi) is 16.4. The van der Waals surface area contributed by atoms with Gasteiger partial charge < -0.3 is 38.1 Å². The molecule has 1 aliphatic heterocycles. The Morgan fingerprint density at radius 2 is 1.65 bits per heavy atom. The van der Waals surface area contributed by atoms with E-state index in [1.165, 1.54) is 36.4 Å². The Hall–Kier alpha value is -3.50. The Morgan fingerprint density at radius 1 is 1.00 bits per heavy atom. The van der Waals surface area contributed by atoms with Crippen LogP contribution in [0, 0.1) is 0 Å². The van der Waals surface area contributed by atoms with Crippen molar-refractivity contribution in [1.29, 1.82) is 0 Å². The number of esters is 1. The zero-order valence-electron chi connectivity index (χ0n) is 29.6. The molecule has 1 aliphatic rings. The number of aliphatic hydroxyl groups is 1. The molecule has 0 bridgehead atoms. The van der Waals surface area contributed by atoms with E-state index in [4.69, 9.17) is 43.4 Å². The van der Waals surface area contributed by atoms with Crippen LogP contribution in [0.2, 0.25) is 0 Å². The molecule has 3 unspecified atom stereocenters. The van der Waals surface area contributed by atoms with Crippen molar-refractivity contribution in [3.8, 4) is 5.75 Å². The monoisotopic (exact) mass is 921 g/mol. The third-order valence-corrected chi connectivity index (χ3v) is 8.87. The van der Waals surface area contributed by atoms with Gasteiger partial charge in [0, 0.05) is 40.4 Å². The van der Waals surface area contributed by atoms with Crippen LogP contribution in [-0.4, -0.2) is 98.7 Å². The second-order valence-corrected chi connectivity index (χ2v) is 12.9. The number of aromatic nitrogens is 2. The molecule has 0 radical (unpaired) electrons. The molecule has 0 saturated carbocycles. The molecule has 2 N–H and O–H groups in total. The number of aromatic amines is 1. The Balaban J connectivity index is 0.00000756. The van der Waals surface area contributed by atoms with E-state index in [9.17, 15) is 28.8 Å². The van der Waals surface area contributed by atoms with Crippen molar-refractivity contribution in [2.24, 2.45) is 0 Å². The average molecular weight is 922 g/mol. The number of carbonyl (C=O) groups is 2. The topological polar surface area (TPSA) is 209 Å². The van der Waals surface area contributed by atoms with Gasteiger partial charge in [-0.2, -0.15) is 0 Å². The molecule has 0 amide bonds. The number of phosphoric acid groups is 1. The quantitative estimate of drug-likeness (QED) is 0.0722. The summed E-state index contributed by atoms with van der Waals surface area (Å²) < 4.78 is 72.4. The molecule has 5 atom stereocenters. The summed E-state index contributed by atoms with van der Waals surface area (Å²) in [6, 6.07) is 14.7. The summed E-state index contributed by atoms with van der Waals surface area (Å²) in [5, 5.41) is 10.3. The second kappa shape index (κ2) is 20.7. The van der Waals surface area contributed by atoms with Crippen molar-refractivity contribution in [2.75, 3.05) is 53.4 Å². The van der Waals surface area contributed by atoms with Crippen LogP contribution in [0.4, 0.5) is 0 Å². The summed E-state index contributed by atoms with van der Waals surface area (Å²) in [4.78, 5) is 51.3. The first-order chi connectivity index (χ1) is 24.9. The number of rotatable bonds is 20. The standard InChI is InChI=1S/C33H41N2O15P.W/c1-33(2,45-22-37)24-9-11-25(12-10-24)49-51(41,46-20-19-44-18-17-43-16-15-42-3)50-28-26(21-36)47-30(35-14-13-27(38)34-32(35)40)29(28)48-31(39)23-7-5-4-6-8-23;/h4-14,22,26,28-30,36H,15-21H2,1-3H3,(H,34,38,40);/t26-,28?,29?,30-,51?;/m1./s1/i22D;. The van der Waals surface area contributed by atoms with Gasteiger partial charge in [-0.1, -0.05) is 30.3 Å². The first-order valence-electron chi connectivity index (χ1n) is 16.3. The average Bonchev–Trinajstić information content (AvgIpc) is 3.43. The van der Waals surface area contributed by atoms with E-state index in [1.807, 2.05) is 0 Å². The van der Waals surface area contributed by atoms with Crippen molar-refractivity contribution in [3.05, 3.63) is 98.8 Å².